The van der Waals surface area contributed by atoms with Crippen molar-refractivity contribution in [2.45, 2.75) is 102 Å². The van der Waals surface area contributed by atoms with Crippen LogP contribution in [0.3, 0.4) is 0 Å². The number of rotatable bonds is 10. The Morgan fingerprint density at radius 2 is 1.22 bits per heavy atom. The minimum absolute atomic E-state index is 0. The van der Waals surface area contributed by atoms with Crippen LogP contribution < -0.4 is 5.32 Å². The highest BCUT2D eigenvalue weighted by atomic mass is 35.5. The maximum Gasteiger partial charge on any atom is 0.433 e. The highest BCUT2D eigenvalue weighted by Gasteiger charge is 2.41. The predicted molar refractivity (Wildman–Crippen MR) is 216 cm³/mol. The van der Waals surface area contributed by atoms with E-state index in [-0.39, 0.29) is 92.3 Å². The molecule has 0 aliphatic carbocycles. The van der Waals surface area contributed by atoms with Gasteiger partial charge in [-0.2, -0.15) is 36.9 Å². The van der Waals surface area contributed by atoms with Gasteiger partial charge in [-0.1, -0.05) is 12.1 Å². The van der Waals surface area contributed by atoms with E-state index in [1.807, 2.05) is 12.1 Å². The van der Waals surface area contributed by atoms with Crippen LogP contribution in [0, 0.1) is 22.7 Å². The van der Waals surface area contributed by atoms with Crippen LogP contribution in [0.4, 0.5) is 39.9 Å². The predicted octanol–water partition coefficient (Wildman–Crippen LogP) is 8.54. The third kappa shape index (κ3) is 13.4. The van der Waals surface area contributed by atoms with Gasteiger partial charge in [0.1, 0.15) is 47.3 Å². The van der Waals surface area contributed by atoms with Crippen molar-refractivity contribution in [2.24, 2.45) is 0 Å². The molecule has 12 nitrogen and oxygen atoms in total. The molecule has 0 radical (unpaired) electrons. The maximum atomic E-state index is 14.0. The van der Waals surface area contributed by atoms with Gasteiger partial charge >= 0.3 is 18.4 Å². The fraction of sp³-hybridized carbons (Fsp3) is 0.419. The molecule has 4 atom stereocenters. The molecular weight excluding hydrogens is 880 g/mol. The number of nitrogens with zero attached hydrogens (tertiary/aromatic N) is 7. The number of Topliss-reactive ketones (excluding diaryl/α,β-unsaturated/α-hetero) is 2. The van der Waals surface area contributed by atoms with E-state index in [4.69, 9.17) is 4.74 Å². The zero-order valence-corrected chi connectivity index (χ0v) is 35.3. The van der Waals surface area contributed by atoms with Crippen molar-refractivity contribution in [1.29, 1.82) is 10.5 Å². The first-order valence-electron chi connectivity index (χ1n) is 19.5. The Labute approximate surface area is 368 Å². The molecule has 0 aromatic carbocycles. The van der Waals surface area contributed by atoms with Crippen LogP contribution in [0.15, 0.2) is 61.2 Å². The smallest absolute Gasteiger partial charge is 0.433 e. The van der Waals surface area contributed by atoms with Crippen molar-refractivity contribution in [3.05, 3.63) is 95.1 Å². The summed E-state index contributed by atoms with van der Waals surface area (Å²) in [5.41, 5.74) is -0.285. The third-order valence-corrected chi connectivity index (χ3v) is 9.86. The van der Waals surface area contributed by atoms with E-state index < -0.39 is 59.9 Å². The number of aryl methyl sites for hydroxylation is 2. The lowest BCUT2D eigenvalue weighted by Gasteiger charge is -2.27. The van der Waals surface area contributed by atoms with Crippen LogP contribution in [0.25, 0.3) is 22.3 Å². The van der Waals surface area contributed by atoms with Gasteiger partial charge in [0.05, 0.1) is 29.8 Å². The summed E-state index contributed by atoms with van der Waals surface area (Å²) in [5.74, 6) is -0.482. The average Bonchev–Trinajstić information content (AvgIpc) is 3.86. The second-order valence-electron chi connectivity index (χ2n) is 15.7. The number of aromatic nitrogens is 4. The van der Waals surface area contributed by atoms with Crippen molar-refractivity contribution in [2.75, 3.05) is 13.1 Å². The second-order valence-corrected chi connectivity index (χ2v) is 15.7. The summed E-state index contributed by atoms with van der Waals surface area (Å²) in [6.07, 6.45) is -7.08. The van der Waals surface area contributed by atoms with E-state index in [2.05, 4.69) is 25.3 Å². The fourth-order valence-electron chi connectivity index (χ4n) is 6.76. The van der Waals surface area contributed by atoms with E-state index in [9.17, 15) is 60.0 Å². The van der Waals surface area contributed by atoms with Gasteiger partial charge in [-0.25, -0.2) is 13.6 Å². The number of ether oxygens (including phenoxy) is 1. The van der Waals surface area contributed by atoms with Crippen LogP contribution in [-0.2, 0) is 39.5 Å². The molecule has 0 saturated carbocycles. The van der Waals surface area contributed by atoms with Gasteiger partial charge in [0, 0.05) is 90.7 Å². The molecule has 21 heteroatoms. The summed E-state index contributed by atoms with van der Waals surface area (Å²) in [7, 11) is 0. The van der Waals surface area contributed by atoms with Gasteiger partial charge in [0.15, 0.2) is 5.78 Å². The normalized spacial score (nSPS) is 18.5. The molecule has 2 aliphatic heterocycles. The van der Waals surface area contributed by atoms with Crippen molar-refractivity contribution in [3.63, 3.8) is 0 Å². The number of likely N-dealkylation sites (tertiary alicyclic amines) is 1. The lowest BCUT2D eigenvalue weighted by Crippen LogP contribution is -2.43. The van der Waals surface area contributed by atoms with E-state index in [0.29, 0.717) is 28.1 Å². The molecule has 340 valence electrons. The molecule has 6 heterocycles. The number of hydrogen-bond donors (Lipinski definition) is 1. The number of ketones is 2. The van der Waals surface area contributed by atoms with Crippen molar-refractivity contribution < 1.29 is 54.2 Å². The minimum Gasteiger partial charge on any atom is -0.444 e. The Kier molecular flexibility index (Phi) is 16.6. The van der Waals surface area contributed by atoms with E-state index >= 15 is 0 Å². The summed E-state index contributed by atoms with van der Waals surface area (Å²) in [4.78, 5) is 53.6. The van der Waals surface area contributed by atoms with Gasteiger partial charge in [0.25, 0.3) is 0 Å². The van der Waals surface area contributed by atoms with E-state index in [1.54, 1.807) is 26.8 Å². The molecule has 2 aliphatic rings. The Morgan fingerprint density at radius 3 is 1.61 bits per heavy atom. The number of carbonyl (C=O) groups is 3. The molecule has 4 aromatic rings. The zero-order chi connectivity index (χ0) is 46.3. The molecule has 0 unspecified atom stereocenters. The van der Waals surface area contributed by atoms with Crippen LogP contribution in [0.1, 0.15) is 80.4 Å². The molecule has 1 amide bonds. The van der Waals surface area contributed by atoms with Gasteiger partial charge in [-0.3, -0.25) is 34.4 Å². The summed E-state index contributed by atoms with van der Waals surface area (Å²) in [6.45, 7) is 4.95. The maximum absolute atomic E-state index is 14.0. The number of nitrogens with one attached hydrogen (secondary N) is 1. The summed E-state index contributed by atoms with van der Waals surface area (Å²) >= 11 is 0. The highest BCUT2D eigenvalue weighted by Crippen LogP contribution is 2.32. The Bertz CT molecular complexity index is 2380. The number of nitriles is 2. The van der Waals surface area contributed by atoms with Crippen LogP contribution >= 0.6 is 12.4 Å². The zero-order valence-electron chi connectivity index (χ0n) is 34.4. The first-order chi connectivity index (χ1) is 29.6. The number of hydrogen-bond acceptors (Lipinski definition) is 11. The van der Waals surface area contributed by atoms with E-state index in [0.717, 1.165) is 29.4 Å². The molecule has 4 aromatic heterocycles. The molecule has 0 bridgehead atoms. The Balaban J connectivity index is 0.000000283. The molecule has 2 saturated heterocycles. The number of pyridine rings is 4. The van der Waals surface area contributed by atoms with Crippen molar-refractivity contribution >= 4 is 30.1 Å². The van der Waals surface area contributed by atoms with Gasteiger partial charge in [-0.15, -0.1) is 12.4 Å². The first kappa shape index (κ1) is 50.5. The standard InChI is InChI=1S/C24H24F4N4O3.C19H16F4N4O.ClH/c1-23(2,3)35-22(34)32-13-16(25)8-19(32)20(33)6-5-17-9-18(15(10-29)12-30-17)14-4-7-21(31-11-14)24(26,27)28;20-13-5-16(26-10-13)17(28)3-2-14-6-15(12(7-24)9-25-14)11-1-4-18(27-8-11)19(21,22)23;/h4,7,9,11-12,16,19H,5-6,8,13H2,1-3H3;1,4,6,8-9,13,16,26H,2-3,5,10H2;1H/t16-,19+;13-,16+;/m11./s1. The number of halogens is 9. The molecule has 0 spiro atoms. The van der Waals surface area contributed by atoms with Crippen LogP contribution in [-0.4, -0.2) is 85.6 Å². The molecular formula is C43H41ClF8N8O4. The van der Waals surface area contributed by atoms with Crippen LogP contribution in [0.5, 0.6) is 0 Å². The minimum atomic E-state index is -4.59. The first-order valence-corrected chi connectivity index (χ1v) is 19.5. The van der Waals surface area contributed by atoms with Crippen molar-refractivity contribution in [3.8, 4) is 34.4 Å². The number of carbonyl (C=O) groups excluding carboxylic acids is 3. The van der Waals surface area contributed by atoms with Gasteiger partial charge in [-0.05, 0) is 57.9 Å². The van der Waals surface area contributed by atoms with Gasteiger partial charge in [0.2, 0.25) is 0 Å². The quantitative estimate of drug-likeness (QED) is 0.151. The molecule has 2 fully saturated rings. The lowest BCUT2D eigenvalue weighted by molar-refractivity contribution is -0.141. The topological polar surface area (TPSA) is 175 Å². The third-order valence-electron chi connectivity index (χ3n) is 9.86. The SMILES string of the molecule is CC(C)(C)OC(=O)N1C[C@H](F)C[C@H]1C(=O)CCc1cc(-c2ccc(C(F)(F)F)nc2)c(C#N)cn1.Cl.N#Cc1cnc(CCC(=O)[C@@H]2C[C@@H](F)CN2)cc1-c1ccc(C(F)(F)F)nc1. The average molecular weight is 921 g/mol. The Morgan fingerprint density at radius 1 is 0.734 bits per heavy atom. The van der Waals surface area contributed by atoms with E-state index in [1.165, 1.54) is 30.6 Å². The summed E-state index contributed by atoms with van der Waals surface area (Å²) in [6, 6.07) is 9.61. The summed E-state index contributed by atoms with van der Waals surface area (Å²) < 4.78 is 109. The van der Waals surface area contributed by atoms with Crippen LogP contribution in [0.2, 0.25) is 0 Å². The fourth-order valence-corrected chi connectivity index (χ4v) is 6.76. The number of amides is 1. The summed E-state index contributed by atoms with van der Waals surface area (Å²) in [5, 5.41) is 21.5. The highest BCUT2D eigenvalue weighted by molar-refractivity contribution is 5.88. The largest absolute Gasteiger partial charge is 0.444 e. The molecule has 1 N–H and O–H groups in total. The lowest BCUT2D eigenvalue weighted by atomic mass is 9.99. The monoisotopic (exact) mass is 920 g/mol. The molecule has 64 heavy (non-hydrogen) atoms. The Hall–Kier alpha value is -6.12. The molecule has 6 rings (SSSR count). The van der Waals surface area contributed by atoms with Crippen molar-refractivity contribution in [1.82, 2.24) is 30.2 Å². The number of alkyl halides is 8. The van der Waals surface area contributed by atoms with Gasteiger partial charge < -0.3 is 10.1 Å². The second kappa shape index (κ2) is 21.0.